The summed E-state index contributed by atoms with van der Waals surface area (Å²) in [4.78, 5) is 30.6. The highest BCUT2D eigenvalue weighted by Crippen LogP contribution is 2.00. The molecule has 0 aromatic carbocycles. The Morgan fingerprint density at radius 2 is 1.88 bits per heavy atom. The minimum absolute atomic E-state index is 0.0958. The maximum atomic E-state index is 11.0. The van der Waals surface area contributed by atoms with Crippen LogP contribution >= 0.6 is 0 Å². The predicted molar refractivity (Wildman–Crippen MR) is 61.0 cm³/mol. The van der Waals surface area contributed by atoms with Crippen LogP contribution in [0, 0.1) is 0 Å². The first-order valence-corrected chi connectivity index (χ1v) is 5.28. The Morgan fingerprint density at radius 3 is 2.35 bits per heavy atom. The third kappa shape index (κ3) is 8.41. The quantitative estimate of drug-likeness (QED) is 0.223. The fourth-order valence-corrected chi connectivity index (χ4v) is 0.961. The van der Waals surface area contributed by atoms with Crippen molar-refractivity contribution in [3.05, 3.63) is 12.2 Å². The highest BCUT2D eigenvalue weighted by molar-refractivity contribution is 5.86. The summed E-state index contributed by atoms with van der Waals surface area (Å²) in [6.45, 7) is 6.19. The van der Waals surface area contributed by atoms with Gasteiger partial charge in [0.15, 0.2) is 0 Å². The summed E-state index contributed by atoms with van der Waals surface area (Å²) in [5.74, 6) is -1.42. The molecule has 98 valence electrons. The van der Waals surface area contributed by atoms with E-state index in [9.17, 15) is 9.59 Å². The van der Waals surface area contributed by atoms with Crippen LogP contribution in [0.3, 0.4) is 0 Å². The van der Waals surface area contributed by atoms with Gasteiger partial charge in [-0.3, -0.25) is 9.68 Å². The van der Waals surface area contributed by atoms with Gasteiger partial charge in [0.1, 0.15) is 13.2 Å². The molecule has 0 rings (SSSR count). The summed E-state index contributed by atoms with van der Waals surface area (Å²) in [5, 5.41) is 8.56. The van der Waals surface area contributed by atoms with Gasteiger partial charge in [0.2, 0.25) is 0 Å². The SMILES string of the molecule is C=C(C)C(=O)OOCC[N+](C)(C)CCC(=O)O. The average molecular weight is 246 g/mol. The monoisotopic (exact) mass is 246 g/mol. The number of rotatable bonds is 8. The fourth-order valence-electron chi connectivity index (χ4n) is 0.961. The summed E-state index contributed by atoms with van der Waals surface area (Å²) in [6.07, 6.45) is 0.0958. The van der Waals surface area contributed by atoms with E-state index in [1.54, 1.807) is 0 Å². The maximum Gasteiger partial charge on any atom is 0.368 e. The third-order valence-corrected chi connectivity index (χ3v) is 2.19. The van der Waals surface area contributed by atoms with E-state index in [1.807, 2.05) is 14.1 Å². The Bertz CT molecular complexity index is 298. The van der Waals surface area contributed by atoms with Crippen molar-refractivity contribution in [1.29, 1.82) is 0 Å². The zero-order chi connectivity index (χ0) is 13.5. The van der Waals surface area contributed by atoms with Crippen LogP contribution < -0.4 is 0 Å². The molecule has 0 spiro atoms. The van der Waals surface area contributed by atoms with Crippen molar-refractivity contribution in [1.82, 2.24) is 0 Å². The Kier molecular flexibility index (Phi) is 6.45. The Morgan fingerprint density at radius 1 is 1.29 bits per heavy atom. The summed E-state index contributed by atoms with van der Waals surface area (Å²) in [5.41, 5.74) is 0.268. The van der Waals surface area contributed by atoms with E-state index in [0.717, 1.165) is 0 Å². The summed E-state index contributed by atoms with van der Waals surface area (Å²) in [7, 11) is 3.76. The number of carboxylic acid groups (broad SMARTS) is 1. The van der Waals surface area contributed by atoms with E-state index in [0.29, 0.717) is 17.6 Å². The molecule has 0 aromatic rings. The molecule has 0 unspecified atom stereocenters. The zero-order valence-electron chi connectivity index (χ0n) is 10.6. The molecule has 17 heavy (non-hydrogen) atoms. The van der Waals surface area contributed by atoms with Crippen LogP contribution in [0.4, 0.5) is 0 Å². The van der Waals surface area contributed by atoms with Gasteiger partial charge in [-0.1, -0.05) is 6.58 Å². The minimum atomic E-state index is -0.828. The van der Waals surface area contributed by atoms with Gasteiger partial charge in [-0.2, -0.15) is 4.89 Å². The second-order valence-corrected chi connectivity index (χ2v) is 4.50. The van der Waals surface area contributed by atoms with E-state index in [1.165, 1.54) is 6.92 Å². The molecule has 0 saturated heterocycles. The van der Waals surface area contributed by atoms with Crippen molar-refractivity contribution in [2.45, 2.75) is 13.3 Å². The number of quaternary nitrogens is 1. The van der Waals surface area contributed by atoms with Crippen LogP contribution in [-0.4, -0.2) is 55.3 Å². The highest BCUT2D eigenvalue weighted by Gasteiger charge is 2.17. The Labute approximate surface area is 101 Å². The van der Waals surface area contributed by atoms with Crippen molar-refractivity contribution in [3.8, 4) is 0 Å². The number of carbonyl (C=O) groups excluding carboxylic acids is 1. The lowest BCUT2D eigenvalue weighted by Crippen LogP contribution is -2.43. The number of carboxylic acids is 1. The number of hydrogen-bond donors (Lipinski definition) is 1. The molecular weight excluding hydrogens is 226 g/mol. The number of hydrogen-bond acceptors (Lipinski definition) is 4. The van der Waals surface area contributed by atoms with Crippen molar-refractivity contribution in [2.75, 3.05) is 33.8 Å². The van der Waals surface area contributed by atoms with Crippen molar-refractivity contribution in [3.63, 3.8) is 0 Å². The van der Waals surface area contributed by atoms with Gasteiger partial charge in [-0.25, -0.2) is 4.79 Å². The lowest BCUT2D eigenvalue weighted by molar-refractivity contribution is -0.891. The van der Waals surface area contributed by atoms with E-state index < -0.39 is 11.9 Å². The number of nitrogens with zero attached hydrogens (tertiary/aromatic N) is 1. The van der Waals surface area contributed by atoms with Gasteiger partial charge in [0.05, 0.1) is 27.1 Å². The van der Waals surface area contributed by atoms with Crippen LogP contribution in [0.1, 0.15) is 13.3 Å². The van der Waals surface area contributed by atoms with Gasteiger partial charge in [0.25, 0.3) is 0 Å². The zero-order valence-corrected chi connectivity index (χ0v) is 10.6. The maximum absolute atomic E-state index is 11.0. The lowest BCUT2D eigenvalue weighted by atomic mass is 10.3. The Balaban J connectivity index is 3.75. The summed E-state index contributed by atoms with van der Waals surface area (Å²) < 4.78 is 0.483. The van der Waals surface area contributed by atoms with Gasteiger partial charge in [0, 0.05) is 5.57 Å². The molecule has 0 aromatic heterocycles. The van der Waals surface area contributed by atoms with Crippen LogP contribution in [0.15, 0.2) is 12.2 Å². The van der Waals surface area contributed by atoms with E-state index in [2.05, 4.69) is 11.5 Å². The molecule has 0 aliphatic rings. The van der Waals surface area contributed by atoms with Gasteiger partial charge in [-0.05, 0) is 6.92 Å². The van der Waals surface area contributed by atoms with Crippen LogP contribution in [0.2, 0.25) is 0 Å². The first-order valence-electron chi connectivity index (χ1n) is 5.28. The summed E-state index contributed by atoms with van der Waals surface area (Å²) >= 11 is 0. The van der Waals surface area contributed by atoms with Crippen LogP contribution in [-0.2, 0) is 19.4 Å². The second kappa shape index (κ2) is 7.03. The van der Waals surface area contributed by atoms with Gasteiger partial charge < -0.3 is 9.59 Å². The van der Waals surface area contributed by atoms with E-state index in [4.69, 9.17) is 9.99 Å². The van der Waals surface area contributed by atoms with Crippen molar-refractivity contribution in [2.24, 2.45) is 0 Å². The van der Waals surface area contributed by atoms with Crippen molar-refractivity contribution < 1.29 is 29.0 Å². The summed E-state index contributed by atoms with van der Waals surface area (Å²) in [6, 6.07) is 0. The molecule has 6 heteroatoms. The smallest absolute Gasteiger partial charge is 0.368 e. The minimum Gasteiger partial charge on any atom is -0.481 e. The van der Waals surface area contributed by atoms with Crippen LogP contribution in [0.5, 0.6) is 0 Å². The van der Waals surface area contributed by atoms with Crippen LogP contribution in [0.25, 0.3) is 0 Å². The van der Waals surface area contributed by atoms with E-state index in [-0.39, 0.29) is 18.6 Å². The lowest BCUT2D eigenvalue weighted by Gasteiger charge is -2.28. The molecule has 1 N–H and O–H groups in total. The molecular formula is C11H20NO5+. The molecule has 0 bridgehead atoms. The molecule has 0 fully saturated rings. The Hall–Kier alpha value is -1.40. The highest BCUT2D eigenvalue weighted by atomic mass is 17.2. The standard InChI is InChI=1S/C11H19NO5/c1-9(2)11(15)17-16-8-7-12(3,4)6-5-10(13)14/h1,5-8H2,2-4H3/p+1. The fraction of sp³-hybridized carbons (Fsp3) is 0.636. The topological polar surface area (TPSA) is 72.8 Å². The van der Waals surface area contributed by atoms with E-state index >= 15 is 0 Å². The second-order valence-electron chi connectivity index (χ2n) is 4.50. The van der Waals surface area contributed by atoms with Crippen molar-refractivity contribution >= 4 is 11.9 Å². The number of carbonyl (C=O) groups is 2. The third-order valence-electron chi connectivity index (χ3n) is 2.19. The molecule has 0 heterocycles. The van der Waals surface area contributed by atoms with Gasteiger partial charge in [-0.15, -0.1) is 0 Å². The van der Waals surface area contributed by atoms with Gasteiger partial charge >= 0.3 is 11.9 Å². The molecule has 0 saturated carbocycles. The number of aliphatic carboxylic acids is 1. The molecule has 0 radical (unpaired) electrons. The average Bonchev–Trinajstić information content (AvgIpc) is 2.21. The largest absolute Gasteiger partial charge is 0.481 e. The number of likely N-dealkylation sites (N-methyl/N-ethyl adjacent to an activating group) is 1. The molecule has 0 aliphatic carbocycles. The molecule has 6 nitrogen and oxygen atoms in total. The normalized spacial score (nSPS) is 11.0. The first-order chi connectivity index (χ1) is 7.74. The predicted octanol–water partition coefficient (Wildman–Crippen LogP) is 0.588. The molecule has 0 atom stereocenters. The first kappa shape index (κ1) is 15.6. The molecule has 0 aliphatic heterocycles. The molecule has 0 amide bonds.